The molecule has 0 bridgehead atoms. The van der Waals surface area contributed by atoms with Gasteiger partial charge in [-0.2, -0.15) is 0 Å². The fraction of sp³-hybridized carbons (Fsp3) is 0. The predicted molar refractivity (Wildman–Crippen MR) is 30.9 cm³/mol. The van der Waals surface area contributed by atoms with Crippen molar-refractivity contribution in [1.29, 1.82) is 0 Å². The molecule has 0 saturated heterocycles. The van der Waals surface area contributed by atoms with Crippen molar-refractivity contribution >= 4 is 12.8 Å². The Morgan fingerprint density at radius 2 is 2.75 bits per heavy atom. The molecule has 0 radical (unpaired) electrons. The standard InChI is InChI=1S/C4H4BN3/c1-2-4-6-5-7-8(4)3-1/h1-3,6H. The van der Waals surface area contributed by atoms with Gasteiger partial charge in [0.1, 0.15) is 0 Å². The maximum absolute atomic E-state index is 3.94. The Labute approximate surface area is 46.6 Å². The minimum atomic E-state index is 1.03. The second-order valence-corrected chi connectivity index (χ2v) is 1.63. The van der Waals surface area contributed by atoms with Gasteiger partial charge in [0.05, 0.1) is 0 Å². The topological polar surface area (TPSA) is 33.1 Å². The summed E-state index contributed by atoms with van der Waals surface area (Å²) in [6.07, 6.45) is 1.89. The molecule has 0 aliphatic rings. The number of aromatic amines is 1. The number of rotatable bonds is 0. The molecule has 2 rings (SSSR count). The first-order valence-corrected chi connectivity index (χ1v) is 2.43. The summed E-state index contributed by atoms with van der Waals surface area (Å²) < 4.78 is 1.78. The molecule has 2 heterocycles. The van der Waals surface area contributed by atoms with Gasteiger partial charge in [-0.05, 0) is 0 Å². The molecule has 1 N–H and O–H groups in total. The van der Waals surface area contributed by atoms with Gasteiger partial charge in [-0.25, -0.2) is 0 Å². The van der Waals surface area contributed by atoms with Crippen LogP contribution in [0.4, 0.5) is 0 Å². The van der Waals surface area contributed by atoms with Crippen LogP contribution in [-0.2, 0) is 0 Å². The predicted octanol–water partition coefficient (Wildman–Crippen LogP) is 0.000500. The molecule has 2 aromatic rings. The van der Waals surface area contributed by atoms with Crippen LogP contribution in [0.5, 0.6) is 0 Å². The Hall–Kier alpha value is -1.06. The summed E-state index contributed by atoms with van der Waals surface area (Å²) in [7, 11) is 1.66. The van der Waals surface area contributed by atoms with E-state index in [4.69, 9.17) is 0 Å². The van der Waals surface area contributed by atoms with E-state index in [1.165, 1.54) is 0 Å². The quantitative estimate of drug-likeness (QED) is 0.502. The SMILES string of the molecule is b1nn2cccc2[nH]1. The molecule has 0 unspecified atom stereocenters. The first-order valence-electron chi connectivity index (χ1n) is 2.43. The molecule has 0 aliphatic carbocycles. The second kappa shape index (κ2) is 1.21. The molecule has 3 nitrogen and oxygen atoms in total. The number of fused-ring (bicyclic) bond motifs is 1. The third kappa shape index (κ3) is 0.345. The van der Waals surface area contributed by atoms with Gasteiger partial charge >= 0.3 is 45.6 Å². The Kier molecular flexibility index (Phi) is 0.590. The summed E-state index contributed by atoms with van der Waals surface area (Å²) in [5.74, 6) is 0. The summed E-state index contributed by atoms with van der Waals surface area (Å²) in [6.45, 7) is 0. The number of hydrogen-bond acceptors (Lipinski definition) is 1. The average molecular weight is 105 g/mol. The zero-order valence-electron chi connectivity index (χ0n) is 4.20. The van der Waals surface area contributed by atoms with Gasteiger partial charge in [0.15, 0.2) is 0 Å². The zero-order chi connectivity index (χ0) is 5.40. The van der Waals surface area contributed by atoms with Crippen LogP contribution in [0.15, 0.2) is 18.3 Å². The van der Waals surface area contributed by atoms with Gasteiger partial charge in [-0.1, -0.05) is 0 Å². The van der Waals surface area contributed by atoms with E-state index >= 15 is 0 Å². The first-order chi connectivity index (χ1) is 3.97. The Morgan fingerprint density at radius 3 is 3.62 bits per heavy atom. The van der Waals surface area contributed by atoms with Gasteiger partial charge < -0.3 is 0 Å². The second-order valence-electron chi connectivity index (χ2n) is 1.63. The minimum absolute atomic E-state index is 1.03. The molecule has 8 heavy (non-hydrogen) atoms. The summed E-state index contributed by atoms with van der Waals surface area (Å²) >= 11 is 0. The van der Waals surface area contributed by atoms with E-state index in [0.29, 0.717) is 0 Å². The zero-order valence-corrected chi connectivity index (χ0v) is 4.20. The Morgan fingerprint density at radius 1 is 1.75 bits per heavy atom. The van der Waals surface area contributed by atoms with Gasteiger partial charge in [0, 0.05) is 0 Å². The number of H-pyrrole nitrogens is 1. The van der Waals surface area contributed by atoms with Crippen LogP contribution in [0.2, 0.25) is 0 Å². The number of nitrogens with zero attached hydrogens (tertiary/aromatic N) is 2. The van der Waals surface area contributed by atoms with E-state index in [1.54, 1.807) is 11.7 Å². The molecule has 0 amide bonds. The van der Waals surface area contributed by atoms with Gasteiger partial charge in [-0.3, -0.25) is 0 Å². The molecular formula is C4H4BN3. The number of nitrogens with one attached hydrogen (secondary N) is 1. The molecule has 0 saturated carbocycles. The normalized spacial score (nSPS) is 10.0. The summed E-state index contributed by atoms with van der Waals surface area (Å²) in [5.41, 5.74) is 1.03. The average Bonchev–Trinajstić information content (AvgIpc) is 2.15. The Balaban J connectivity index is 3.06. The summed E-state index contributed by atoms with van der Waals surface area (Å²) in [4.78, 5) is 2.95. The molecular weight excluding hydrogens is 101 g/mol. The van der Waals surface area contributed by atoms with Crippen LogP contribution < -0.4 is 0 Å². The van der Waals surface area contributed by atoms with Crippen molar-refractivity contribution in [3.63, 3.8) is 0 Å². The van der Waals surface area contributed by atoms with Crippen molar-refractivity contribution in [2.75, 3.05) is 0 Å². The van der Waals surface area contributed by atoms with Crippen LogP contribution in [0.25, 0.3) is 5.65 Å². The van der Waals surface area contributed by atoms with E-state index in [2.05, 4.69) is 9.90 Å². The third-order valence-electron chi connectivity index (χ3n) is 1.12. The number of hydrogen-bond donors (Lipinski definition) is 1. The van der Waals surface area contributed by atoms with E-state index in [1.807, 2.05) is 18.3 Å². The molecule has 0 aromatic carbocycles. The van der Waals surface area contributed by atoms with Crippen molar-refractivity contribution in [3.8, 4) is 0 Å². The Bertz CT molecular complexity index is 233. The van der Waals surface area contributed by atoms with Crippen LogP contribution in [0.1, 0.15) is 0 Å². The van der Waals surface area contributed by atoms with Crippen molar-refractivity contribution in [2.24, 2.45) is 0 Å². The van der Waals surface area contributed by atoms with Crippen LogP contribution in [0, 0.1) is 0 Å². The van der Waals surface area contributed by atoms with Crippen LogP contribution in [-0.4, -0.2) is 21.6 Å². The van der Waals surface area contributed by atoms with Crippen LogP contribution in [0.3, 0.4) is 0 Å². The van der Waals surface area contributed by atoms with E-state index in [-0.39, 0.29) is 0 Å². The molecule has 0 fully saturated rings. The van der Waals surface area contributed by atoms with Gasteiger partial charge in [0.2, 0.25) is 0 Å². The molecule has 0 atom stereocenters. The summed E-state index contributed by atoms with van der Waals surface area (Å²) in [6, 6.07) is 3.91. The van der Waals surface area contributed by atoms with Crippen molar-refractivity contribution in [1.82, 2.24) is 14.4 Å². The van der Waals surface area contributed by atoms with E-state index < -0.39 is 0 Å². The van der Waals surface area contributed by atoms with Crippen molar-refractivity contribution in [2.45, 2.75) is 0 Å². The van der Waals surface area contributed by atoms with Gasteiger partial charge in [0.25, 0.3) is 0 Å². The molecule has 4 heteroatoms. The number of aromatic nitrogens is 3. The molecule has 0 spiro atoms. The monoisotopic (exact) mass is 105 g/mol. The fourth-order valence-electron chi connectivity index (χ4n) is 0.745. The van der Waals surface area contributed by atoms with Crippen molar-refractivity contribution in [3.05, 3.63) is 18.3 Å². The summed E-state index contributed by atoms with van der Waals surface area (Å²) in [5, 5.41) is 3.94. The fourth-order valence-corrected chi connectivity index (χ4v) is 0.745. The third-order valence-corrected chi connectivity index (χ3v) is 1.12. The van der Waals surface area contributed by atoms with Crippen molar-refractivity contribution < 1.29 is 0 Å². The molecule has 2 aromatic heterocycles. The first kappa shape index (κ1) is 3.89. The van der Waals surface area contributed by atoms with E-state index in [0.717, 1.165) is 5.65 Å². The van der Waals surface area contributed by atoms with Gasteiger partial charge in [-0.15, -0.1) is 0 Å². The molecule has 0 aliphatic heterocycles. The van der Waals surface area contributed by atoms with Crippen LogP contribution >= 0.6 is 0 Å². The van der Waals surface area contributed by atoms with E-state index in [9.17, 15) is 0 Å². The maximum atomic E-state index is 3.94. The molecule has 38 valence electrons.